The second-order valence-electron chi connectivity index (χ2n) is 7.26. The first-order chi connectivity index (χ1) is 13.6. The van der Waals surface area contributed by atoms with Gasteiger partial charge in [-0.25, -0.2) is 13.4 Å². The maximum Gasteiger partial charge on any atom is 0.244 e. The quantitative estimate of drug-likeness (QED) is 0.753. The summed E-state index contributed by atoms with van der Waals surface area (Å²) in [6, 6.07) is 3.49. The SMILES string of the molecule is CCn1cc(C2CCN(c3ccc(S(=O)(=O)N4CCOCC4)cn3)CC2)cn1. The maximum absolute atomic E-state index is 12.7. The van der Waals surface area contributed by atoms with Crippen molar-refractivity contribution in [1.29, 1.82) is 0 Å². The van der Waals surface area contributed by atoms with Gasteiger partial charge in [0, 0.05) is 45.1 Å². The molecule has 0 unspecified atom stereocenters. The molecule has 0 radical (unpaired) electrons. The van der Waals surface area contributed by atoms with E-state index in [1.165, 1.54) is 16.1 Å². The fraction of sp³-hybridized carbons (Fsp3) is 0.579. The number of hydrogen-bond donors (Lipinski definition) is 0. The highest BCUT2D eigenvalue weighted by Crippen LogP contribution is 2.30. The zero-order valence-electron chi connectivity index (χ0n) is 16.2. The molecule has 0 aliphatic carbocycles. The highest BCUT2D eigenvalue weighted by Gasteiger charge is 2.27. The molecule has 0 saturated carbocycles. The van der Waals surface area contributed by atoms with Crippen molar-refractivity contribution in [2.24, 2.45) is 0 Å². The number of pyridine rings is 1. The fourth-order valence-corrected chi connectivity index (χ4v) is 5.21. The number of nitrogens with zero attached hydrogens (tertiary/aromatic N) is 5. The van der Waals surface area contributed by atoms with Gasteiger partial charge in [-0.2, -0.15) is 9.40 Å². The van der Waals surface area contributed by atoms with Crippen LogP contribution in [0.4, 0.5) is 5.82 Å². The van der Waals surface area contributed by atoms with Crippen molar-refractivity contribution < 1.29 is 13.2 Å². The fourth-order valence-electron chi connectivity index (χ4n) is 3.85. The van der Waals surface area contributed by atoms with Gasteiger partial charge in [-0.3, -0.25) is 4.68 Å². The Morgan fingerprint density at radius 1 is 1.11 bits per heavy atom. The molecule has 0 spiro atoms. The van der Waals surface area contributed by atoms with Gasteiger partial charge in [0.1, 0.15) is 10.7 Å². The van der Waals surface area contributed by atoms with Crippen molar-refractivity contribution in [2.75, 3.05) is 44.3 Å². The van der Waals surface area contributed by atoms with Gasteiger partial charge < -0.3 is 9.64 Å². The van der Waals surface area contributed by atoms with Crippen molar-refractivity contribution in [1.82, 2.24) is 19.1 Å². The molecule has 2 aromatic rings. The Labute approximate surface area is 166 Å². The van der Waals surface area contributed by atoms with Crippen LogP contribution in [0.1, 0.15) is 31.2 Å². The Morgan fingerprint density at radius 2 is 1.86 bits per heavy atom. The first-order valence-corrected chi connectivity index (χ1v) is 11.3. The van der Waals surface area contributed by atoms with Crippen LogP contribution in [0.5, 0.6) is 0 Å². The van der Waals surface area contributed by atoms with Gasteiger partial charge in [-0.1, -0.05) is 0 Å². The molecule has 2 aromatic heterocycles. The lowest BCUT2D eigenvalue weighted by atomic mass is 9.91. The monoisotopic (exact) mass is 405 g/mol. The number of anilines is 1. The van der Waals surface area contributed by atoms with Crippen molar-refractivity contribution in [3.8, 4) is 0 Å². The topological polar surface area (TPSA) is 80.6 Å². The van der Waals surface area contributed by atoms with Crippen LogP contribution < -0.4 is 4.90 Å². The third-order valence-electron chi connectivity index (χ3n) is 5.60. The van der Waals surface area contributed by atoms with E-state index in [0.717, 1.165) is 38.3 Å². The predicted octanol–water partition coefficient (Wildman–Crippen LogP) is 1.70. The number of sulfonamides is 1. The number of aromatic nitrogens is 3. The molecule has 152 valence electrons. The van der Waals surface area contributed by atoms with Gasteiger partial charge in [0.05, 0.1) is 19.4 Å². The van der Waals surface area contributed by atoms with E-state index in [0.29, 0.717) is 32.2 Å². The van der Waals surface area contributed by atoms with E-state index in [9.17, 15) is 8.42 Å². The van der Waals surface area contributed by atoms with Gasteiger partial charge in [-0.15, -0.1) is 0 Å². The van der Waals surface area contributed by atoms with Gasteiger partial charge in [0.25, 0.3) is 0 Å². The number of aryl methyl sites for hydroxylation is 1. The van der Waals surface area contributed by atoms with Crippen LogP contribution in [0.3, 0.4) is 0 Å². The second-order valence-corrected chi connectivity index (χ2v) is 9.20. The predicted molar refractivity (Wildman–Crippen MR) is 106 cm³/mol. The molecule has 2 fully saturated rings. The molecular weight excluding hydrogens is 378 g/mol. The van der Waals surface area contributed by atoms with Gasteiger partial charge >= 0.3 is 0 Å². The Bertz CT molecular complexity index is 883. The van der Waals surface area contributed by atoms with Crippen molar-refractivity contribution >= 4 is 15.8 Å². The van der Waals surface area contributed by atoms with E-state index >= 15 is 0 Å². The van der Waals surface area contributed by atoms with Crippen LogP contribution in [0.15, 0.2) is 35.6 Å². The molecule has 4 heterocycles. The Kier molecular flexibility index (Phi) is 5.65. The third-order valence-corrected chi connectivity index (χ3v) is 7.48. The molecule has 2 aliphatic rings. The lowest BCUT2D eigenvalue weighted by Crippen LogP contribution is -2.40. The van der Waals surface area contributed by atoms with E-state index < -0.39 is 10.0 Å². The van der Waals surface area contributed by atoms with Crippen LogP contribution in [-0.2, 0) is 21.3 Å². The van der Waals surface area contributed by atoms with Gasteiger partial charge in [-0.05, 0) is 43.4 Å². The summed E-state index contributed by atoms with van der Waals surface area (Å²) in [6.45, 7) is 6.47. The normalized spacial score (nSPS) is 19.8. The highest BCUT2D eigenvalue weighted by molar-refractivity contribution is 7.89. The van der Waals surface area contributed by atoms with E-state index in [1.54, 1.807) is 6.07 Å². The van der Waals surface area contributed by atoms with Crippen molar-refractivity contribution in [3.05, 3.63) is 36.3 Å². The number of rotatable bonds is 5. The average Bonchev–Trinajstić information content (AvgIpc) is 3.24. The summed E-state index contributed by atoms with van der Waals surface area (Å²) in [5.74, 6) is 1.36. The van der Waals surface area contributed by atoms with Crippen LogP contribution in [-0.4, -0.2) is 66.9 Å². The molecule has 2 aliphatic heterocycles. The highest BCUT2D eigenvalue weighted by atomic mass is 32.2. The van der Waals surface area contributed by atoms with Crippen molar-refractivity contribution in [3.63, 3.8) is 0 Å². The lowest BCUT2D eigenvalue weighted by Gasteiger charge is -2.32. The van der Waals surface area contributed by atoms with E-state index in [1.807, 2.05) is 16.9 Å². The molecular formula is C19H27N5O3S. The maximum atomic E-state index is 12.7. The van der Waals surface area contributed by atoms with Gasteiger partial charge in [0.2, 0.25) is 10.0 Å². The third kappa shape index (κ3) is 3.92. The molecule has 0 aromatic carbocycles. The minimum Gasteiger partial charge on any atom is -0.379 e. The molecule has 8 nitrogen and oxygen atoms in total. The Hall–Kier alpha value is -1.97. The standard InChI is InChI=1S/C19H27N5O3S/c1-2-23-15-17(13-21-23)16-5-7-22(8-6-16)19-4-3-18(14-20-19)28(25,26)24-9-11-27-12-10-24/h3-4,13-16H,2,5-12H2,1H3. The second kappa shape index (κ2) is 8.18. The molecule has 0 atom stereocenters. The average molecular weight is 406 g/mol. The zero-order valence-corrected chi connectivity index (χ0v) is 17.0. The minimum absolute atomic E-state index is 0.250. The number of piperidine rings is 1. The first-order valence-electron chi connectivity index (χ1n) is 9.89. The molecule has 0 N–H and O–H groups in total. The van der Waals surface area contributed by atoms with Crippen LogP contribution in [0.25, 0.3) is 0 Å². The Balaban J connectivity index is 1.39. The number of ether oxygens (including phenoxy) is 1. The first kappa shape index (κ1) is 19.4. The summed E-state index contributed by atoms with van der Waals surface area (Å²) in [4.78, 5) is 6.93. The Morgan fingerprint density at radius 3 is 2.46 bits per heavy atom. The van der Waals surface area contributed by atoms with E-state index in [2.05, 4.69) is 28.1 Å². The van der Waals surface area contributed by atoms with Crippen LogP contribution >= 0.6 is 0 Å². The summed E-state index contributed by atoms with van der Waals surface area (Å²) in [5, 5.41) is 4.38. The molecule has 28 heavy (non-hydrogen) atoms. The van der Waals surface area contributed by atoms with Crippen molar-refractivity contribution in [2.45, 2.75) is 37.1 Å². The minimum atomic E-state index is -3.49. The molecule has 9 heteroatoms. The number of morpholine rings is 1. The molecule has 2 saturated heterocycles. The van der Waals surface area contributed by atoms with Crippen LogP contribution in [0, 0.1) is 0 Å². The zero-order chi connectivity index (χ0) is 19.6. The summed E-state index contributed by atoms with van der Waals surface area (Å²) in [5.41, 5.74) is 1.31. The summed E-state index contributed by atoms with van der Waals surface area (Å²) >= 11 is 0. The number of hydrogen-bond acceptors (Lipinski definition) is 6. The molecule has 0 amide bonds. The summed E-state index contributed by atoms with van der Waals surface area (Å²) < 4.78 is 34.1. The lowest BCUT2D eigenvalue weighted by molar-refractivity contribution is 0.0730. The smallest absolute Gasteiger partial charge is 0.244 e. The summed E-state index contributed by atoms with van der Waals surface area (Å²) in [7, 11) is -3.49. The van der Waals surface area contributed by atoms with E-state index in [-0.39, 0.29) is 4.90 Å². The largest absolute Gasteiger partial charge is 0.379 e. The van der Waals surface area contributed by atoms with Crippen LogP contribution in [0.2, 0.25) is 0 Å². The molecule has 4 rings (SSSR count). The summed E-state index contributed by atoms with van der Waals surface area (Å²) in [6.07, 6.45) is 7.70. The van der Waals surface area contributed by atoms with E-state index in [4.69, 9.17) is 4.74 Å². The molecule has 0 bridgehead atoms. The van der Waals surface area contributed by atoms with Gasteiger partial charge in [0.15, 0.2) is 0 Å².